The first-order valence-electron chi connectivity index (χ1n) is 7.36. The Hall–Kier alpha value is -0.950. The molecule has 2 heterocycles. The predicted molar refractivity (Wildman–Crippen MR) is 79.1 cm³/mol. The molecule has 1 aromatic rings. The molecule has 2 atom stereocenters. The quantitative estimate of drug-likeness (QED) is 0.580. The van der Waals surface area contributed by atoms with Crippen LogP contribution in [0.3, 0.4) is 0 Å². The number of hydrogen-bond donors (Lipinski definition) is 2. The van der Waals surface area contributed by atoms with Crippen LogP contribution in [0.2, 0.25) is 0 Å². The molecule has 1 aliphatic heterocycles. The molecule has 2 unspecified atom stereocenters. The Balaban J connectivity index is 2.12. The zero-order chi connectivity index (χ0) is 14.6. The molecule has 1 saturated heterocycles. The monoisotopic (exact) mass is 281 g/mol. The highest BCUT2D eigenvalue weighted by Gasteiger charge is 2.38. The number of morpholine rings is 1. The van der Waals surface area contributed by atoms with E-state index in [0.29, 0.717) is 0 Å². The molecule has 20 heavy (non-hydrogen) atoms. The van der Waals surface area contributed by atoms with Gasteiger partial charge < -0.3 is 4.74 Å². The van der Waals surface area contributed by atoms with Crippen LogP contribution in [0.5, 0.6) is 0 Å². The molecular formula is C14H27N5O. The van der Waals surface area contributed by atoms with Crippen molar-refractivity contribution < 1.29 is 4.74 Å². The summed E-state index contributed by atoms with van der Waals surface area (Å²) in [4.78, 5) is 2.50. The van der Waals surface area contributed by atoms with E-state index < -0.39 is 0 Å². The van der Waals surface area contributed by atoms with Crippen LogP contribution < -0.4 is 11.3 Å². The molecule has 0 saturated carbocycles. The number of rotatable bonds is 6. The first-order valence-corrected chi connectivity index (χ1v) is 7.36. The maximum atomic E-state index is 5.86. The van der Waals surface area contributed by atoms with Gasteiger partial charge in [0.25, 0.3) is 0 Å². The highest BCUT2D eigenvalue weighted by Crippen LogP contribution is 2.26. The summed E-state index contributed by atoms with van der Waals surface area (Å²) in [7, 11) is 1.94. The minimum atomic E-state index is 0.0222. The Morgan fingerprint density at radius 2 is 2.20 bits per heavy atom. The molecule has 3 N–H and O–H groups in total. The van der Waals surface area contributed by atoms with Crippen LogP contribution in [0.4, 0.5) is 0 Å². The van der Waals surface area contributed by atoms with Crippen LogP contribution in [-0.2, 0) is 18.2 Å². The number of nitrogens with two attached hydrogens (primary N) is 1. The molecule has 0 spiro atoms. The van der Waals surface area contributed by atoms with Gasteiger partial charge in [0.2, 0.25) is 0 Å². The summed E-state index contributed by atoms with van der Waals surface area (Å²) in [5.41, 5.74) is 4.26. The second kappa shape index (κ2) is 6.67. The van der Waals surface area contributed by atoms with Crippen molar-refractivity contribution in [3.63, 3.8) is 0 Å². The summed E-state index contributed by atoms with van der Waals surface area (Å²) in [5.74, 6) is 5.86. The van der Waals surface area contributed by atoms with E-state index >= 15 is 0 Å². The number of hydrazine groups is 1. The zero-order valence-electron chi connectivity index (χ0n) is 12.8. The lowest BCUT2D eigenvalue weighted by Crippen LogP contribution is -2.63. The standard InChI is InChI=1S/C14H27N5O/c1-4-14(2,19-5-7-20-8-6-19)13(17-15)9-12-10-16-18(3)11-12/h10-11,13,17H,4-9,15H2,1-3H3. The van der Waals surface area contributed by atoms with Crippen LogP contribution in [0.15, 0.2) is 12.4 Å². The van der Waals surface area contributed by atoms with Crippen molar-refractivity contribution in [1.82, 2.24) is 20.1 Å². The first-order chi connectivity index (χ1) is 9.60. The summed E-state index contributed by atoms with van der Waals surface area (Å²) in [5, 5.41) is 4.24. The lowest BCUT2D eigenvalue weighted by atomic mass is 9.84. The van der Waals surface area contributed by atoms with Gasteiger partial charge in [-0.05, 0) is 25.3 Å². The fraction of sp³-hybridized carbons (Fsp3) is 0.786. The fourth-order valence-corrected chi connectivity index (χ4v) is 3.04. The molecule has 0 radical (unpaired) electrons. The average molecular weight is 281 g/mol. The van der Waals surface area contributed by atoms with Crippen molar-refractivity contribution in [2.75, 3.05) is 26.3 Å². The third-order valence-corrected chi connectivity index (χ3v) is 4.60. The van der Waals surface area contributed by atoms with Gasteiger partial charge in [0, 0.05) is 37.9 Å². The van der Waals surface area contributed by atoms with Crippen LogP contribution in [0.25, 0.3) is 0 Å². The van der Waals surface area contributed by atoms with E-state index in [1.165, 1.54) is 5.56 Å². The predicted octanol–water partition coefficient (Wildman–Crippen LogP) is 0.295. The zero-order valence-corrected chi connectivity index (χ0v) is 12.8. The molecule has 0 aromatic carbocycles. The van der Waals surface area contributed by atoms with Gasteiger partial charge in [-0.2, -0.15) is 5.10 Å². The third kappa shape index (κ3) is 3.20. The summed E-state index contributed by atoms with van der Waals surface area (Å²) >= 11 is 0. The molecular weight excluding hydrogens is 254 g/mol. The lowest BCUT2D eigenvalue weighted by molar-refractivity contribution is -0.0322. The molecule has 1 fully saturated rings. The van der Waals surface area contributed by atoms with Gasteiger partial charge in [-0.3, -0.25) is 20.9 Å². The van der Waals surface area contributed by atoms with Crippen LogP contribution in [-0.4, -0.2) is 52.6 Å². The van der Waals surface area contributed by atoms with E-state index in [0.717, 1.165) is 39.1 Å². The van der Waals surface area contributed by atoms with E-state index in [4.69, 9.17) is 10.6 Å². The van der Waals surface area contributed by atoms with E-state index in [-0.39, 0.29) is 11.6 Å². The maximum absolute atomic E-state index is 5.86. The summed E-state index contributed by atoms with van der Waals surface area (Å²) in [6.07, 6.45) is 5.90. The average Bonchev–Trinajstić information content (AvgIpc) is 2.90. The number of hydrogen-bond acceptors (Lipinski definition) is 5. The molecule has 0 amide bonds. The Morgan fingerprint density at radius 3 is 2.70 bits per heavy atom. The van der Waals surface area contributed by atoms with Crippen molar-refractivity contribution in [3.8, 4) is 0 Å². The van der Waals surface area contributed by atoms with Crippen molar-refractivity contribution in [3.05, 3.63) is 18.0 Å². The van der Waals surface area contributed by atoms with Crippen molar-refractivity contribution in [2.45, 2.75) is 38.3 Å². The lowest BCUT2D eigenvalue weighted by Gasteiger charge is -2.47. The number of aryl methyl sites for hydroxylation is 1. The second-order valence-electron chi connectivity index (χ2n) is 5.76. The van der Waals surface area contributed by atoms with E-state index in [1.807, 2.05) is 17.9 Å². The summed E-state index contributed by atoms with van der Waals surface area (Å²) in [6, 6.07) is 0.190. The maximum Gasteiger partial charge on any atom is 0.0594 e. The second-order valence-corrected chi connectivity index (χ2v) is 5.76. The van der Waals surface area contributed by atoms with Crippen LogP contribution in [0, 0.1) is 0 Å². The Bertz CT molecular complexity index is 415. The Kier molecular flexibility index (Phi) is 5.15. The Labute approximate surface area is 121 Å². The highest BCUT2D eigenvalue weighted by molar-refractivity contribution is 5.10. The summed E-state index contributed by atoms with van der Waals surface area (Å²) < 4.78 is 7.30. The van der Waals surface area contributed by atoms with E-state index in [1.54, 1.807) is 0 Å². The molecule has 0 bridgehead atoms. The molecule has 1 aromatic heterocycles. The van der Waals surface area contributed by atoms with Gasteiger partial charge in [0.1, 0.15) is 0 Å². The summed E-state index contributed by atoms with van der Waals surface area (Å²) in [6.45, 7) is 8.06. The minimum absolute atomic E-state index is 0.0222. The smallest absolute Gasteiger partial charge is 0.0594 e. The number of aromatic nitrogens is 2. The molecule has 6 nitrogen and oxygen atoms in total. The number of ether oxygens (including phenoxy) is 1. The van der Waals surface area contributed by atoms with Gasteiger partial charge in [-0.15, -0.1) is 0 Å². The van der Waals surface area contributed by atoms with Gasteiger partial charge >= 0.3 is 0 Å². The SMILES string of the molecule is CCC(C)(C(Cc1cnn(C)c1)NN)N1CCOCC1. The minimum Gasteiger partial charge on any atom is -0.379 e. The molecule has 1 aliphatic rings. The molecule has 6 heteroatoms. The van der Waals surface area contributed by atoms with Gasteiger partial charge in [0.15, 0.2) is 0 Å². The number of nitrogens with one attached hydrogen (secondary N) is 1. The van der Waals surface area contributed by atoms with Crippen molar-refractivity contribution >= 4 is 0 Å². The normalized spacial score (nSPS) is 21.6. The third-order valence-electron chi connectivity index (χ3n) is 4.60. The van der Waals surface area contributed by atoms with Crippen molar-refractivity contribution in [2.24, 2.45) is 12.9 Å². The van der Waals surface area contributed by atoms with E-state index in [9.17, 15) is 0 Å². The largest absolute Gasteiger partial charge is 0.379 e. The number of nitrogens with zero attached hydrogens (tertiary/aromatic N) is 3. The van der Waals surface area contributed by atoms with Gasteiger partial charge in [-0.1, -0.05) is 6.92 Å². The van der Waals surface area contributed by atoms with Gasteiger partial charge in [-0.25, -0.2) is 0 Å². The molecule has 114 valence electrons. The molecule has 2 rings (SSSR count). The van der Waals surface area contributed by atoms with Crippen LogP contribution in [0.1, 0.15) is 25.8 Å². The van der Waals surface area contributed by atoms with Crippen LogP contribution >= 0.6 is 0 Å². The van der Waals surface area contributed by atoms with Crippen molar-refractivity contribution in [1.29, 1.82) is 0 Å². The Morgan fingerprint density at radius 1 is 1.50 bits per heavy atom. The fourth-order valence-electron chi connectivity index (χ4n) is 3.04. The van der Waals surface area contributed by atoms with E-state index in [2.05, 4.69) is 35.5 Å². The molecule has 0 aliphatic carbocycles. The highest BCUT2D eigenvalue weighted by atomic mass is 16.5. The first kappa shape index (κ1) is 15.4. The topological polar surface area (TPSA) is 68.3 Å². The van der Waals surface area contributed by atoms with Gasteiger partial charge in [0.05, 0.1) is 19.4 Å².